The van der Waals surface area contributed by atoms with Crippen LogP contribution in [0.25, 0.3) is 0 Å². The third kappa shape index (κ3) is 2.55. The smallest absolute Gasteiger partial charge is 0.226 e. The number of ether oxygens (including phenoxy) is 2. The van der Waals surface area contributed by atoms with Crippen molar-refractivity contribution in [3.05, 3.63) is 23.3 Å². The van der Waals surface area contributed by atoms with E-state index >= 15 is 0 Å². The molecule has 0 N–H and O–H groups in total. The Labute approximate surface area is 143 Å². The summed E-state index contributed by atoms with van der Waals surface area (Å²) in [4.78, 5) is 17.1. The number of carbonyl (C=O) groups excluding carboxylic acids is 1. The van der Waals surface area contributed by atoms with Crippen LogP contribution in [0.2, 0.25) is 0 Å². The lowest BCUT2D eigenvalue weighted by Gasteiger charge is -2.45. The quantitative estimate of drug-likeness (QED) is 0.852. The van der Waals surface area contributed by atoms with Gasteiger partial charge in [0.15, 0.2) is 11.5 Å². The van der Waals surface area contributed by atoms with Crippen molar-refractivity contribution in [3.63, 3.8) is 0 Å². The zero-order valence-electron chi connectivity index (χ0n) is 14.6. The van der Waals surface area contributed by atoms with Gasteiger partial charge in [0.2, 0.25) is 5.91 Å². The summed E-state index contributed by atoms with van der Waals surface area (Å²) < 4.78 is 10.9. The van der Waals surface area contributed by atoms with Crippen molar-refractivity contribution in [2.75, 3.05) is 40.4 Å². The fourth-order valence-corrected chi connectivity index (χ4v) is 4.37. The molecule has 0 aromatic heterocycles. The van der Waals surface area contributed by atoms with E-state index in [9.17, 15) is 4.79 Å². The molecule has 4 rings (SSSR count). The van der Waals surface area contributed by atoms with E-state index in [0.29, 0.717) is 11.9 Å². The van der Waals surface area contributed by atoms with Gasteiger partial charge in [-0.2, -0.15) is 0 Å². The molecule has 24 heavy (non-hydrogen) atoms. The molecule has 0 bridgehead atoms. The second kappa shape index (κ2) is 6.28. The maximum atomic E-state index is 12.5. The van der Waals surface area contributed by atoms with Crippen LogP contribution in [-0.2, 0) is 11.2 Å². The standard InChI is InChI=1S/C19H26N2O3/c1-23-17-10-13-6-9-21-12-14(19(22)20-7-3-8-20)4-5-16(21)15(13)11-18(17)24-2/h10-11,14,16H,3-9,12H2,1-2H3. The molecule has 1 aromatic rings. The van der Waals surface area contributed by atoms with Crippen molar-refractivity contribution in [1.29, 1.82) is 0 Å². The van der Waals surface area contributed by atoms with Crippen LogP contribution in [0.3, 0.4) is 0 Å². The zero-order valence-corrected chi connectivity index (χ0v) is 14.6. The Hall–Kier alpha value is -1.75. The second-order valence-corrected chi connectivity index (χ2v) is 7.12. The Morgan fingerprint density at radius 3 is 2.50 bits per heavy atom. The average Bonchev–Trinajstić information content (AvgIpc) is 2.58. The predicted molar refractivity (Wildman–Crippen MR) is 91.5 cm³/mol. The molecule has 0 radical (unpaired) electrons. The van der Waals surface area contributed by atoms with Crippen molar-refractivity contribution < 1.29 is 14.3 Å². The molecule has 2 saturated heterocycles. The largest absolute Gasteiger partial charge is 0.493 e. The van der Waals surface area contributed by atoms with E-state index in [1.807, 2.05) is 4.90 Å². The van der Waals surface area contributed by atoms with E-state index in [0.717, 1.165) is 56.9 Å². The van der Waals surface area contributed by atoms with E-state index in [4.69, 9.17) is 9.47 Å². The summed E-state index contributed by atoms with van der Waals surface area (Å²) in [6.45, 7) is 3.84. The number of piperidine rings is 1. The van der Waals surface area contributed by atoms with Crippen molar-refractivity contribution >= 4 is 5.91 Å². The highest BCUT2D eigenvalue weighted by molar-refractivity contribution is 5.79. The maximum Gasteiger partial charge on any atom is 0.226 e. The Morgan fingerprint density at radius 2 is 1.83 bits per heavy atom. The van der Waals surface area contributed by atoms with Crippen molar-refractivity contribution in [2.45, 2.75) is 31.7 Å². The highest BCUT2D eigenvalue weighted by atomic mass is 16.5. The lowest BCUT2D eigenvalue weighted by molar-refractivity contribution is -0.141. The Bertz CT molecular complexity index is 642. The summed E-state index contributed by atoms with van der Waals surface area (Å²) >= 11 is 0. The highest BCUT2D eigenvalue weighted by Crippen LogP contribution is 2.43. The summed E-state index contributed by atoms with van der Waals surface area (Å²) in [5, 5.41) is 0. The molecule has 5 nitrogen and oxygen atoms in total. The normalized spacial score (nSPS) is 26.2. The van der Waals surface area contributed by atoms with Gasteiger partial charge in [0.05, 0.1) is 20.1 Å². The van der Waals surface area contributed by atoms with Gasteiger partial charge in [0.25, 0.3) is 0 Å². The van der Waals surface area contributed by atoms with E-state index in [1.165, 1.54) is 17.5 Å². The molecular weight excluding hydrogens is 304 g/mol. The maximum absolute atomic E-state index is 12.5. The third-order valence-electron chi connectivity index (χ3n) is 5.87. The molecule has 130 valence electrons. The first kappa shape index (κ1) is 15.8. The number of hydrogen-bond acceptors (Lipinski definition) is 4. The lowest BCUT2D eigenvalue weighted by atomic mass is 9.82. The first-order valence-corrected chi connectivity index (χ1v) is 8.99. The number of fused-ring (bicyclic) bond motifs is 3. The minimum Gasteiger partial charge on any atom is -0.493 e. The molecule has 0 aliphatic carbocycles. The molecule has 3 heterocycles. The van der Waals surface area contributed by atoms with Crippen LogP contribution >= 0.6 is 0 Å². The van der Waals surface area contributed by atoms with Crippen molar-refractivity contribution in [3.8, 4) is 11.5 Å². The van der Waals surface area contributed by atoms with Crippen LogP contribution in [0, 0.1) is 5.92 Å². The molecule has 0 spiro atoms. The van der Waals surface area contributed by atoms with E-state index in [-0.39, 0.29) is 5.92 Å². The monoisotopic (exact) mass is 330 g/mol. The molecule has 0 saturated carbocycles. The number of nitrogens with zero attached hydrogens (tertiary/aromatic N) is 2. The summed E-state index contributed by atoms with van der Waals surface area (Å²) in [5.41, 5.74) is 2.72. The number of hydrogen-bond donors (Lipinski definition) is 0. The van der Waals surface area contributed by atoms with Gasteiger partial charge in [0, 0.05) is 32.2 Å². The van der Waals surface area contributed by atoms with Crippen LogP contribution < -0.4 is 9.47 Å². The molecule has 1 amide bonds. The van der Waals surface area contributed by atoms with Gasteiger partial charge in [-0.1, -0.05) is 0 Å². The van der Waals surface area contributed by atoms with E-state index in [2.05, 4.69) is 17.0 Å². The Morgan fingerprint density at radius 1 is 1.08 bits per heavy atom. The lowest BCUT2D eigenvalue weighted by Crippen LogP contribution is -2.51. The first-order valence-electron chi connectivity index (χ1n) is 8.99. The number of benzene rings is 1. The molecule has 1 aromatic carbocycles. The summed E-state index contributed by atoms with van der Waals surface area (Å²) in [7, 11) is 3.37. The molecule has 2 fully saturated rings. The number of carbonyl (C=O) groups is 1. The fourth-order valence-electron chi connectivity index (χ4n) is 4.37. The SMILES string of the molecule is COc1cc2c(cc1OC)C1CCC(C(=O)N3CCC3)CN1CC2. The fraction of sp³-hybridized carbons (Fsp3) is 0.632. The van der Waals surface area contributed by atoms with E-state index < -0.39 is 0 Å². The van der Waals surface area contributed by atoms with Gasteiger partial charge < -0.3 is 14.4 Å². The van der Waals surface area contributed by atoms with Gasteiger partial charge in [-0.15, -0.1) is 0 Å². The van der Waals surface area contributed by atoms with Crippen LogP contribution in [0.15, 0.2) is 12.1 Å². The molecule has 3 aliphatic heterocycles. The number of amides is 1. The topological polar surface area (TPSA) is 42.0 Å². The van der Waals surface area contributed by atoms with Crippen LogP contribution in [0.1, 0.15) is 36.4 Å². The van der Waals surface area contributed by atoms with Gasteiger partial charge in [-0.3, -0.25) is 9.69 Å². The van der Waals surface area contributed by atoms with Crippen molar-refractivity contribution in [1.82, 2.24) is 9.80 Å². The predicted octanol–water partition coefficient (Wildman–Crippen LogP) is 2.25. The number of rotatable bonds is 3. The summed E-state index contributed by atoms with van der Waals surface area (Å²) in [5.74, 6) is 2.17. The first-order chi connectivity index (χ1) is 11.7. The number of likely N-dealkylation sites (tertiary alicyclic amines) is 1. The van der Waals surface area contributed by atoms with E-state index in [1.54, 1.807) is 14.2 Å². The van der Waals surface area contributed by atoms with Crippen molar-refractivity contribution in [2.24, 2.45) is 5.92 Å². The molecule has 3 aliphatic rings. The zero-order chi connectivity index (χ0) is 16.7. The molecule has 2 atom stereocenters. The minimum absolute atomic E-state index is 0.184. The average molecular weight is 330 g/mol. The number of methoxy groups -OCH3 is 2. The molecular formula is C19H26N2O3. The van der Waals surface area contributed by atoms with Gasteiger partial charge in [-0.05, 0) is 48.9 Å². The summed E-state index contributed by atoms with van der Waals surface area (Å²) in [6, 6.07) is 4.68. The van der Waals surface area contributed by atoms with Crippen LogP contribution in [-0.4, -0.2) is 56.1 Å². The van der Waals surface area contributed by atoms with Gasteiger partial charge in [0.1, 0.15) is 0 Å². The Kier molecular flexibility index (Phi) is 4.12. The highest BCUT2D eigenvalue weighted by Gasteiger charge is 2.38. The van der Waals surface area contributed by atoms with Gasteiger partial charge in [-0.25, -0.2) is 0 Å². The molecule has 5 heteroatoms. The second-order valence-electron chi connectivity index (χ2n) is 7.12. The third-order valence-corrected chi connectivity index (χ3v) is 5.87. The van der Waals surface area contributed by atoms with Crippen LogP contribution in [0.4, 0.5) is 0 Å². The van der Waals surface area contributed by atoms with Crippen LogP contribution in [0.5, 0.6) is 11.5 Å². The van der Waals surface area contributed by atoms with Gasteiger partial charge >= 0.3 is 0 Å². The minimum atomic E-state index is 0.184. The summed E-state index contributed by atoms with van der Waals surface area (Å²) in [6.07, 6.45) is 4.22. The molecule has 2 unspecified atom stereocenters. The Balaban J connectivity index is 1.54.